The van der Waals surface area contributed by atoms with E-state index in [1.54, 1.807) is 18.2 Å². The fourth-order valence-electron chi connectivity index (χ4n) is 1.49. The second-order valence-electron chi connectivity index (χ2n) is 3.34. The summed E-state index contributed by atoms with van der Waals surface area (Å²) in [6.45, 7) is 0.707. The molecule has 1 unspecified atom stereocenters. The molecule has 1 aromatic carbocycles. The van der Waals surface area contributed by atoms with Gasteiger partial charge in [0.25, 0.3) is 0 Å². The van der Waals surface area contributed by atoms with E-state index >= 15 is 0 Å². The van der Waals surface area contributed by atoms with Crippen molar-refractivity contribution >= 4 is 0 Å². The van der Waals surface area contributed by atoms with E-state index < -0.39 is 0 Å². The van der Waals surface area contributed by atoms with Crippen molar-refractivity contribution in [3.05, 3.63) is 30.1 Å². The third-order valence-corrected chi connectivity index (χ3v) is 2.23. The first-order chi connectivity index (χ1) is 6.86. The average Bonchev–Trinajstić information content (AvgIpc) is 2.23. The smallest absolute Gasteiger partial charge is 0.199 e. The van der Waals surface area contributed by atoms with Crippen LogP contribution in [-0.2, 0) is 4.74 Å². The molecule has 1 atom stereocenters. The maximum Gasteiger partial charge on any atom is 0.199 e. The number of benzene rings is 1. The molecule has 0 spiro atoms. The minimum Gasteiger partial charge on any atom is -0.462 e. The molecule has 0 aromatic heterocycles. The predicted molar refractivity (Wildman–Crippen MR) is 50.6 cm³/mol. The standard InChI is InChI=1S/C11H13FO2/c12-9-5-1-2-6-10(9)14-11-7-3-4-8-13-11/h1-2,5-6,11H,3-4,7-8H2. The van der Waals surface area contributed by atoms with E-state index in [0.29, 0.717) is 6.61 Å². The van der Waals surface area contributed by atoms with Crippen molar-refractivity contribution < 1.29 is 13.9 Å². The van der Waals surface area contributed by atoms with Crippen LogP contribution in [0.25, 0.3) is 0 Å². The molecule has 0 saturated carbocycles. The number of ether oxygens (including phenoxy) is 2. The van der Waals surface area contributed by atoms with Gasteiger partial charge >= 0.3 is 0 Å². The molecule has 0 aliphatic carbocycles. The Morgan fingerprint density at radius 2 is 2.14 bits per heavy atom. The lowest BCUT2D eigenvalue weighted by molar-refractivity contribution is -0.107. The van der Waals surface area contributed by atoms with Crippen LogP contribution in [0.5, 0.6) is 5.75 Å². The van der Waals surface area contributed by atoms with Crippen LogP contribution in [0.4, 0.5) is 4.39 Å². The quantitative estimate of drug-likeness (QED) is 0.724. The van der Waals surface area contributed by atoms with Crippen molar-refractivity contribution in [2.75, 3.05) is 6.61 Å². The molecule has 1 aliphatic rings. The van der Waals surface area contributed by atoms with Crippen LogP contribution in [0.1, 0.15) is 19.3 Å². The molecule has 14 heavy (non-hydrogen) atoms. The van der Waals surface area contributed by atoms with Crippen LogP contribution in [0.3, 0.4) is 0 Å². The third kappa shape index (κ3) is 2.23. The van der Waals surface area contributed by atoms with E-state index in [1.807, 2.05) is 0 Å². The number of hydrogen-bond acceptors (Lipinski definition) is 2. The van der Waals surface area contributed by atoms with Crippen molar-refractivity contribution in [2.45, 2.75) is 25.6 Å². The molecule has 0 bridgehead atoms. The number of para-hydroxylation sites is 1. The van der Waals surface area contributed by atoms with E-state index in [0.717, 1.165) is 19.3 Å². The Labute approximate surface area is 82.6 Å². The van der Waals surface area contributed by atoms with Gasteiger partial charge < -0.3 is 9.47 Å². The SMILES string of the molecule is Fc1ccccc1OC1CCCCO1. The minimum absolute atomic E-state index is 0.277. The van der Waals surface area contributed by atoms with Gasteiger partial charge in [0.15, 0.2) is 17.9 Å². The van der Waals surface area contributed by atoms with Gasteiger partial charge in [0.2, 0.25) is 0 Å². The summed E-state index contributed by atoms with van der Waals surface area (Å²) in [5.74, 6) is -0.0546. The molecule has 1 heterocycles. The first kappa shape index (κ1) is 9.46. The van der Waals surface area contributed by atoms with Gasteiger partial charge in [0.1, 0.15) is 0 Å². The van der Waals surface area contributed by atoms with Gasteiger partial charge in [-0.1, -0.05) is 12.1 Å². The lowest BCUT2D eigenvalue weighted by Crippen LogP contribution is -2.25. The Balaban J connectivity index is 1.99. The van der Waals surface area contributed by atoms with Crippen molar-refractivity contribution in [3.63, 3.8) is 0 Å². The van der Waals surface area contributed by atoms with Crippen LogP contribution in [-0.4, -0.2) is 12.9 Å². The molecule has 1 aliphatic heterocycles. The van der Waals surface area contributed by atoms with Gasteiger partial charge in [-0.15, -0.1) is 0 Å². The van der Waals surface area contributed by atoms with E-state index in [2.05, 4.69) is 0 Å². The molecule has 2 rings (SSSR count). The van der Waals surface area contributed by atoms with E-state index in [9.17, 15) is 4.39 Å². The van der Waals surface area contributed by atoms with Crippen LogP contribution in [0, 0.1) is 5.82 Å². The van der Waals surface area contributed by atoms with Crippen molar-refractivity contribution in [2.24, 2.45) is 0 Å². The number of hydrogen-bond donors (Lipinski definition) is 0. The first-order valence-electron chi connectivity index (χ1n) is 4.89. The lowest BCUT2D eigenvalue weighted by Gasteiger charge is -2.23. The van der Waals surface area contributed by atoms with Gasteiger partial charge in [0.05, 0.1) is 6.61 Å². The summed E-state index contributed by atoms with van der Waals surface area (Å²) in [6, 6.07) is 6.40. The summed E-state index contributed by atoms with van der Waals surface area (Å²) < 4.78 is 23.9. The molecule has 0 N–H and O–H groups in total. The van der Waals surface area contributed by atoms with Gasteiger partial charge in [-0.05, 0) is 25.0 Å². The zero-order chi connectivity index (χ0) is 9.80. The summed E-state index contributed by atoms with van der Waals surface area (Å²) in [7, 11) is 0. The monoisotopic (exact) mass is 196 g/mol. The molecule has 1 aromatic rings. The average molecular weight is 196 g/mol. The maximum absolute atomic E-state index is 13.2. The molecule has 1 fully saturated rings. The van der Waals surface area contributed by atoms with E-state index in [-0.39, 0.29) is 17.9 Å². The van der Waals surface area contributed by atoms with Gasteiger partial charge in [-0.2, -0.15) is 0 Å². The van der Waals surface area contributed by atoms with Crippen LogP contribution in [0.2, 0.25) is 0 Å². The Morgan fingerprint density at radius 1 is 1.29 bits per heavy atom. The first-order valence-corrected chi connectivity index (χ1v) is 4.89. The second kappa shape index (κ2) is 4.42. The van der Waals surface area contributed by atoms with Gasteiger partial charge in [-0.3, -0.25) is 0 Å². The molecule has 0 radical (unpaired) electrons. The molecule has 76 valence electrons. The van der Waals surface area contributed by atoms with Gasteiger partial charge in [0, 0.05) is 6.42 Å². The number of halogens is 1. The predicted octanol–water partition coefficient (Wildman–Crippen LogP) is 2.73. The highest BCUT2D eigenvalue weighted by Gasteiger charge is 2.16. The molecule has 2 nitrogen and oxygen atoms in total. The molecular formula is C11H13FO2. The third-order valence-electron chi connectivity index (χ3n) is 2.23. The van der Waals surface area contributed by atoms with Crippen LogP contribution in [0.15, 0.2) is 24.3 Å². The zero-order valence-corrected chi connectivity index (χ0v) is 7.91. The van der Waals surface area contributed by atoms with Crippen LogP contribution < -0.4 is 4.74 Å². The molecule has 3 heteroatoms. The number of rotatable bonds is 2. The maximum atomic E-state index is 13.2. The fraction of sp³-hybridized carbons (Fsp3) is 0.455. The van der Waals surface area contributed by atoms with Crippen LogP contribution >= 0.6 is 0 Å². The summed E-state index contributed by atoms with van der Waals surface area (Å²) in [6.07, 6.45) is 2.71. The highest BCUT2D eigenvalue weighted by Crippen LogP contribution is 2.21. The largest absolute Gasteiger partial charge is 0.462 e. The topological polar surface area (TPSA) is 18.5 Å². The summed E-state index contributed by atoms with van der Waals surface area (Å²) >= 11 is 0. The highest BCUT2D eigenvalue weighted by molar-refractivity contribution is 5.23. The van der Waals surface area contributed by atoms with E-state index in [4.69, 9.17) is 9.47 Å². The summed E-state index contributed by atoms with van der Waals surface area (Å²) in [5, 5.41) is 0. The Bertz CT molecular complexity index is 295. The van der Waals surface area contributed by atoms with E-state index in [1.165, 1.54) is 6.07 Å². The van der Waals surface area contributed by atoms with Crippen molar-refractivity contribution in [1.29, 1.82) is 0 Å². The minimum atomic E-state index is -0.332. The summed E-state index contributed by atoms with van der Waals surface area (Å²) in [5.41, 5.74) is 0. The van der Waals surface area contributed by atoms with Gasteiger partial charge in [-0.25, -0.2) is 4.39 Å². The molecule has 0 amide bonds. The lowest BCUT2D eigenvalue weighted by atomic mass is 10.2. The fourth-order valence-corrected chi connectivity index (χ4v) is 1.49. The van der Waals surface area contributed by atoms with Crippen molar-refractivity contribution in [1.82, 2.24) is 0 Å². The molecule has 1 saturated heterocycles. The molecular weight excluding hydrogens is 183 g/mol. The van der Waals surface area contributed by atoms with Crippen molar-refractivity contribution in [3.8, 4) is 5.75 Å². The summed E-state index contributed by atoms with van der Waals surface area (Å²) in [4.78, 5) is 0. The zero-order valence-electron chi connectivity index (χ0n) is 7.91. The Morgan fingerprint density at radius 3 is 2.86 bits per heavy atom. The second-order valence-corrected chi connectivity index (χ2v) is 3.34. The normalized spacial score (nSPS) is 21.9. The highest BCUT2D eigenvalue weighted by atomic mass is 19.1. The Kier molecular flexibility index (Phi) is 2.99. The Hall–Kier alpha value is -1.09.